The third-order valence-corrected chi connectivity index (χ3v) is 6.49. The highest BCUT2D eigenvalue weighted by molar-refractivity contribution is 9.10. The van der Waals surface area contributed by atoms with Crippen LogP contribution in [0, 0.1) is 0 Å². The van der Waals surface area contributed by atoms with Gasteiger partial charge in [-0.3, -0.25) is 4.79 Å². The van der Waals surface area contributed by atoms with Gasteiger partial charge in [-0.25, -0.2) is 8.42 Å². The van der Waals surface area contributed by atoms with Crippen LogP contribution in [0.15, 0.2) is 64.1 Å². The van der Waals surface area contributed by atoms with E-state index in [1.807, 2.05) is 24.3 Å². The molecule has 0 fully saturated rings. The maximum atomic E-state index is 12.7. The van der Waals surface area contributed by atoms with Crippen molar-refractivity contribution in [1.29, 1.82) is 0 Å². The molecule has 0 radical (unpaired) electrons. The number of ether oxygens (including phenoxy) is 1. The zero-order valence-electron chi connectivity index (χ0n) is 13.9. The van der Waals surface area contributed by atoms with E-state index in [9.17, 15) is 13.2 Å². The quantitative estimate of drug-likeness (QED) is 0.581. The number of para-hydroxylation sites is 1. The summed E-state index contributed by atoms with van der Waals surface area (Å²) in [5.74, 6) is -0.647. The third kappa shape index (κ3) is 3.82. The predicted molar refractivity (Wildman–Crippen MR) is 102 cm³/mol. The molecule has 8 heteroatoms. The highest BCUT2D eigenvalue weighted by Crippen LogP contribution is 2.23. The Hall–Kier alpha value is -2.16. The first-order valence-electron chi connectivity index (χ1n) is 7.82. The number of esters is 1. The van der Waals surface area contributed by atoms with Gasteiger partial charge in [0.2, 0.25) is 10.0 Å². The Balaban J connectivity index is 1.92. The molecule has 1 unspecified atom stereocenters. The number of hydrogen-bond donors (Lipinski definition) is 2. The van der Waals surface area contributed by atoms with Crippen LogP contribution < -0.4 is 4.72 Å². The molecule has 1 heterocycles. The van der Waals surface area contributed by atoms with Crippen LogP contribution >= 0.6 is 15.9 Å². The lowest BCUT2D eigenvalue weighted by Gasteiger charge is -2.17. The minimum atomic E-state index is -3.91. The summed E-state index contributed by atoms with van der Waals surface area (Å²) in [4.78, 5) is 15.4. The van der Waals surface area contributed by atoms with Gasteiger partial charge in [0.05, 0.1) is 12.0 Å². The molecule has 26 heavy (non-hydrogen) atoms. The maximum Gasteiger partial charge on any atom is 0.324 e. The Labute approximate surface area is 159 Å². The van der Waals surface area contributed by atoms with E-state index in [0.29, 0.717) is 4.47 Å². The van der Waals surface area contributed by atoms with Crippen molar-refractivity contribution < 1.29 is 17.9 Å². The number of fused-ring (bicyclic) bond motifs is 1. The number of methoxy groups -OCH3 is 1. The Morgan fingerprint density at radius 1 is 1.19 bits per heavy atom. The molecule has 136 valence electrons. The van der Waals surface area contributed by atoms with E-state index in [1.165, 1.54) is 13.2 Å². The fourth-order valence-corrected chi connectivity index (χ4v) is 4.94. The molecule has 2 N–H and O–H groups in total. The number of hydrogen-bond acceptors (Lipinski definition) is 4. The fraction of sp³-hybridized carbons (Fsp3) is 0.167. The first-order valence-corrected chi connectivity index (χ1v) is 10.1. The SMILES string of the molecule is COC(=O)C(Cc1c[nH]c2ccccc12)NS(=O)(=O)c1ccccc1Br. The van der Waals surface area contributed by atoms with Crippen molar-refractivity contribution in [3.05, 3.63) is 64.8 Å². The zero-order chi connectivity index (χ0) is 18.7. The molecule has 0 saturated carbocycles. The van der Waals surface area contributed by atoms with E-state index in [0.717, 1.165) is 16.5 Å². The second-order valence-corrected chi connectivity index (χ2v) is 8.23. The molecule has 0 amide bonds. The summed E-state index contributed by atoms with van der Waals surface area (Å²) in [6.07, 6.45) is 1.94. The van der Waals surface area contributed by atoms with Crippen LogP contribution in [0.4, 0.5) is 0 Å². The van der Waals surface area contributed by atoms with E-state index in [2.05, 4.69) is 25.6 Å². The van der Waals surface area contributed by atoms with E-state index in [-0.39, 0.29) is 11.3 Å². The van der Waals surface area contributed by atoms with Crippen LogP contribution in [-0.2, 0) is 26.0 Å². The van der Waals surface area contributed by atoms with Crippen LogP contribution in [0.25, 0.3) is 10.9 Å². The molecular weight excluding hydrogens is 420 g/mol. The smallest absolute Gasteiger partial charge is 0.324 e. The van der Waals surface area contributed by atoms with Crippen molar-refractivity contribution in [1.82, 2.24) is 9.71 Å². The average Bonchev–Trinajstić information content (AvgIpc) is 3.03. The number of aromatic amines is 1. The van der Waals surface area contributed by atoms with Crippen molar-refractivity contribution in [3.63, 3.8) is 0 Å². The van der Waals surface area contributed by atoms with Crippen molar-refractivity contribution >= 4 is 42.8 Å². The van der Waals surface area contributed by atoms with Crippen LogP contribution in [0.1, 0.15) is 5.56 Å². The number of nitrogens with one attached hydrogen (secondary N) is 2. The van der Waals surface area contributed by atoms with Gasteiger partial charge in [0, 0.05) is 28.0 Å². The second kappa shape index (κ2) is 7.61. The van der Waals surface area contributed by atoms with Gasteiger partial charge in [-0.2, -0.15) is 4.72 Å². The van der Waals surface area contributed by atoms with E-state index in [1.54, 1.807) is 24.4 Å². The number of H-pyrrole nitrogens is 1. The maximum absolute atomic E-state index is 12.7. The van der Waals surface area contributed by atoms with Gasteiger partial charge in [-0.05, 0) is 39.7 Å². The highest BCUT2D eigenvalue weighted by Gasteiger charge is 2.28. The number of halogens is 1. The molecule has 0 aliphatic heterocycles. The molecule has 1 aromatic heterocycles. The van der Waals surface area contributed by atoms with Crippen molar-refractivity contribution in [3.8, 4) is 0 Å². The van der Waals surface area contributed by atoms with Gasteiger partial charge in [0.15, 0.2) is 0 Å². The van der Waals surface area contributed by atoms with Gasteiger partial charge < -0.3 is 9.72 Å². The Morgan fingerprint density at radius 2 is 1.88 bits per heavy atom. The zero-order valence-corrected chi connectivity index (χ0v) is 16.3. The molecule has 0 spiro atoms. The molecule has 2 aromatic carbocycles. The number of carbonyl (C=O) groups is 1. The number of benzene rings is 2. The summed E-state index contributed by atoms with van der Waals surface area (Å²) in [5.41, 5.74) is 1.74. The summed E-state index contributed by atoms with van der Waals surface area (Å²) in [7, 11) is -2.68. The van der Waals surface area contributed by atoms with Gasteiger partial charge in [-0.1, -0.05) is 30.3 Å². The molecule has 0 aliphatic rings. The second-order valence-electron chi connectivity index (χ2n) is 5.69. The summed E-state index contributed by atoms with van der Waals surface area (Å²) >= 11 is 3.23. The third-order valence-electron chi connectivity index (χ3n) is 4.01. The molecule has 0 saturated heterocycles. The van der Waals surface area contributed by atoms with Crippen LogP contribution in [0.2, 0.25) is 0 Å². The lowest BCUT2D eigenvalue weighted by molar-refractivity contribution is -0.142. The fourth-order valence-electron chi connectivity index (χ4n) is 2.75. The lowest BCUT2D eigenvalue weighted by Crippen LogP contribution is -2.43. The molecule has 0 aliphatic carbocycles. The molecule has 1 atom stereocenters. The van der Waals surface area contributed by atoms with Gasteiger partial charge in [0.1, 0.15) is 6.04 Å². The van der Waals surface area contributed by atoms with Gasteiger partial charge in [0.25, 0.3) is 0 Å². The van der Waals surface area contributed by atoms with E-state index < -0.39 is 22.0 Å². The highest BCUT2D eigenvalue weighted by atomic mass is 79.9. The number of carbonyl (C=O) groups excluding carboxylic acids is 1. The monoisotopic (exact) mass is 436 g/mol. The normalized spacial score (nSPS) is 12.8. The van der Waals surface area contributed by atoms with Crippen LogP contribution in [0.5, 0.6) is 0 Å². The van der Waals surface area contributed by atoms with Gasteiger partial charge >= 0.3 is 5.97 Å². The van der Waals surface area contributed by atoms with Crippen LogP contribution in [-0.4, -0.2) is 32.5 Å². The van der Waals surface area contributed by atoms with E-state index >= 15 is 0 Å². The summed E-state index contributed by atoms with van der Waals surface area (Å²) in [6, 6.07) is 13.0. The lowest BCUT2D eigenvalue weighted by atomic mass is 10.1. The number of rotatable bonds is 6. The Bertz CT molecular complexity index is 1050. The predicted octanol–water partition coefficient (Wildman–Crippen LogP) is 2.99. The largest absolute Gasteiger partial charge is 0.468 e. The average molecular weight is 437 g/mol. The molecule has 3 aromatic rings. The molecule has 3 rings (SSSR count). The van der Waals surface area contributed by atoms with E-state index in [4.69, 9.17) is 4.74 Å². The van der Waals surface area contributed by atoms with Gasteiger partial charge in [-0.15, -0.1) is 0 Å². The van der Waals surface area contributed by atoms with Crippen molar-refractivity contribution in [2.24, 2.45) is 0 Å². The molecule has 0 bridgehead atoms. The minimum absolute atomic E-state index is 0.0628. The number of sulfonamides is 1. The standard InChI is InChI=1S/C18H17BrN2O4S/c1-25-18(22)16(10-12-11-20-15-8-4-2-6-13(12)15)21-26(23,24)17-9-5-3-7-14(17)19/h2-9,11,16,20-21H,10H2,1H3. The summed E-state index contributed by atoms with van der Waals surface area (Å²) in [5, 5.41) is 0.932. The Kier molecular flexibility index (Phi) is 5.45. The molecular formula is C18H17BrN2O4S. The van der Waals surface area contributed by atoms with Crippen molar-refractivity contribution in [2.45, 2.75) is 17.4 Å². The van der Waals surface area contributed by atoms with Crippen molar-refractivity contribution in [2.75, 3.05) is 7.11 Å². The first-order chi connectivity index (χ1) is 12.4. The minimum Gasteiger partial charge on any atom is -0.468 e. The summed E-state index contributed by atoms with van der Waals surface area (Å²) < 4.78 is 33.1. The topological polar surface area (TPSA) is 88.3 Å². The van der Waals surface area contributed by atoms with Crippen LogP contribution in [0.3, 0.4) is 0 Å². The Morgan fingerprint density at radius 3 is 2.62 bits per heavy atom. The molecule has 6 nitrogen and oxygen atoms in total. The number of aromatic nitrogens is 1. The first kappa shape index (κ1) is 18.6. The summed E-state index contributed by atoms with van der Waals surface area (Å²) in [6.45, 7) is 0.